The zero-order valence-electron chi connectivity index (χ0n) is 14.1. The molecule has 0 saturated heterocycles. The van der Waals surface area contributed by atoms with Crippen molar-refractivity contribution in [2.24, 2.45) is 5.92 Å². The molecule has 1 aromatic heterocycles. The minimum atomic E-state index is -3.74. The zero-order chi connectivity index (χ0) is 17.9. The van der Waals surface area contributed by atoms with Gasteiger partial charge >= 0.3 is 0 Å². The van der Waals surface area contributed by atoms with Crippen LogP contribution in [0.1, 0.15) is 19.5 Å². The molecule has 0 spiro atoms. The van der Waals surface area contributed by atoms with Crippen LogP contribution < -0.4 is 4.72 Å². The molecule has 2 aromatic carbocycles. The Morgan fingerprint density at radius 1 is 1.00 bits per heavy atom. The molecule has 0 amide bonds. The molecule has 3 rings (SSSR count). The highest BCUT2D eigenvalue weighted by Crippen LogP contribution is 2.34. The Balaban J connectivity index is 2.04. The van der Waals surface area contributed by atoms with Crippen LogP contribution in [0.3, 0.4) is 0 Å². The fraction of sp³-hybridized carbons (Fsp3) is 0.211. The van der Waals surface area contributed by atoms with E-state index < -0.39 is 10.0 Å². The largest absolute Gasteiger partial charge is 0.337 e. The molecule has 0 saturated carbocycles. The maximum absolute atomic E-state index is 12.6. The zero-order valence-corrected chi connectivity index (χ0v) is 15.0. The summed E-state index contributed by atoms with van der Waals surface area (Å²) in [6.07, 6.45) is 0.695. The highest BCUT2D eigenvalue weighted by atomic mass is 32.2. The molecule has 0 unspecified atom stereocenters. The minimum Gasteiger partial charge on any atom is -0.337 e. The second kappa shape index (κ2) is 7.11. The van der Waals surface area contributed by atoms with E-state index in [9.17, 15) is 8.42 Å². The molecule has 25 heavy (non-hydrogen) atoms. The molecule has 3 aromatic rings. The molecular weight excluding hydrogens is 336 g/mol. The smallest absolute Gasteiger partial charge is 0.264 e. The van der Waals surface area contributed by atoms with Crippen LogP contribution in [0.25, 0.3) is 11.1 Å². The van der Waals surface area contributed by atoms with E-state index in [4.69, 9.17) is 4.52 Å². The molecule has 1 N–H and O–H groups in total. The van der Waals surface area contributed by atoms with Gasteiger partial charge in [-0.25, -0.2) is 13.1 Å². The molecule has 5 nitrogen and oxygen atoms in total. The summed E-state index contributed by atoms with van der Waals surface area (Å²) >= 11 is 0. The van der Waals surface area contributed by atoms with Crippen LogP contribution in [-0.4, -0.2) is 13.6 Å². The molecule has 0 fully saturated rings. The Bertz CT molecular complexity index is 933. The first kappa shape index (κ1) is 17.2. The molecule has 0 bridgehead atoms. The van der Waals surface area contributed by atoms with Crippen LogP contribution in [-0.2, 0) is 16.4 Å². The monoisotopic (exact) mass is 356 g/mol. The lowest BCUT2D eigenvalue weighted by atomic mass is 10.00. The lowest BCUT2D eigenvalue weighted by molar-refractivity contribution is 0.421. The Morgan fingerprint density at radius 3 is 2.20 bits per heavy atom. The van der Waals surface area contributed by atoms with Crippen LogP contribution in [0.5, 0.6) is 0 Å². The van der Waals surface area contributed by atoms with E-state index in [-0.39, 0.29) is 10.8 Å². The molecule has 0 radical (unpaired) electrons. The minimum absolute atomic E-state index is 0.144. The van der Waals surface area contributed by atoms with E-state index in [1.165, 1.54) is 12.1 Å². The summed E-state index contributed by atoms with van der Waals surface area (Å²) in [5.74, 6) is 0.511. The van der Waals surface area contributed by atoms with Crippen LogP contribution in [0.4, 0.5) is 5.88 Å². The van der Waals surface area contributed by atoms with Crippen LogP contribution in [0.2, 0.25) is 0 Å². The summed E-state index contributed by atoms with van der Waals surface area (Å²) in [5.41, 5.74) is 2.30. The number of hydrogen-bond acceptors (Lipinski definition) is 4. The van der Waals surface area contributed by atoms with Gasteiger partial charge in [0.2, 0.25) is 5.88 Å². The standard InChI is InChI=1S/C19H20N2O3S/c1-14(2)13-17-18(15-9-5-3-6-10-15)19(24-20-17)21-25(22,23)16-11-7-4-8-12-16/h3-12,14,21H,13H2,1-2H3. The van der Waals surface area contributed by atoms with Crippen molar-refractivity contribution in [2.75, 3.05) is 4.72 Å². The average Bonchev–Trinajstić information content (AvgIpc) is 2.97. The molecular formula is C19H20N2O3S. The first-order chi connectivity index (χ1) is 12.0. The molecule has 0 atom stereocenters. The topological polar surface area (TPSA) is 72.2 Å². The van der Waals surface area contributed by atoms with Gasteiger partial charge in [-0.1, -0.05) is 67.5 Å². The number of benzene rings is 2. The van der Waals surface area contributed by atoms with Gasteiger partial charge in [-0.3, -0.25) is 0 Å². The number of anilines is 1. The van der Waals surface area contributed by atoms with Gasteiger partial charge in [0.1, 0.15) is 0 Å². The number of hydrogen-bond donors (Lipinski definition) is 1. The maximum atomic E-state index is 12.6. The second-order valence-electron chi connectivity index (χ2n) is 6.22. The molecule has 130 valence electrons. The summed E-state index contributed by atoms with van der Waals surface area (Å²) in [6.45, 7) is 4.16. The highest BCUT2D eigenvalue weighted by molar-refractivity contribution is 7.92. The van der Waals surface area contributed by atoms with Crippen molar-refractivity contribution in [1.29, 1.82) is 0 Å². The van der Waals surface area contributed by atoms with Crippen LogP contribution in [0, 0.1) is 5.92 Å². The number of nitrogens with zero attached hydrogens (tertiary/aromatic N) is 1. The first-order valence-electron chi connectivity index (χ1n) is 8.09. The van der Waals surface area contributed by atoms with Gasteiger partial charge in [0.05, 0.1) is 16.2 Å². The van der Waals surface area contributed by atoms with E-state index in [2.05, 4.69) is 23.7 Å². The SMILES string of the molecule is CC(C)Cc1noc(NS(=O)(=O)c2ccccc2)c1-c1ccccc1. The maximum Gasteiger partial charge on any atom is 0.264 e. The molecule has 1 heterocycles. The summed E-state index contributed by atoms with van der Waals surface area (Å²) in [4.78, 5) is 0.177. The average molecular weight is 356 g/mol. The van der Waals surface area contributed by atoms with Gasteiger partial charge in [0, 0.05) is 0 Å². The van der Waals surface area contributed by atoms with Crippen LogP contribution >= 0.6 is 0 Å². The predicted molar refractivity (Wildman–Crippen MR) is 97.7 cm³/mol. The lowest BCUT2D eigenvalue weighted by Crippen LogP contribution is -2.13. The van der Waals surface area contributed by atoms with Crippen molar-refractivity contribution in [3.63, 3.8) is 0 Å². The van der Waals surface area contributed by atoms with E-state index >= 15 is 0 Å². The molecule has 6 heteroatoms. The van der Waals surface area contributed by atoms with Crippen molar-refractivity contribution >= 4 is 15.9 Å². The Kier molecular flexibility index (Phi) is 4.90. The van der Waals surface area contributed by atoms with E-state index in [1.807, 2.05) is 30.3 Å². The number of rotatable bonds is 6. The van der Waals surface area contributed by atoms with Crippen molar-refractivity contribution in [1.82, 2.24) is 5.16 Å². The van der Waals surface area contributed by atoms with E-state index in [0.717, 1.165) is 11.3 Å². The third-order valence-corrected chi connectivity index (χ3v) is 5.05. The van der Waals surface area contributed by atoms with Gasteiger partial charge in [0.25, 0.3) is 10.0 Å². The predicted octanol–water partition coefficient (Wildman–Crippen LogP) is 4.34. The normalized spacial score (nSPS) is 11.6. The van der Waals surface area contributed by atoms with Crippen molar-refractivity contribution in [3.8, 4) is 11.1 Å². The van der Waals surface area contributed by atoms with Crippen molar-refractivity contribution in [3.05, 3.63) is 66.4 Å². The first-order valence-corrected chi connectivity index (χ1v) is 9.57. The Hall–Kier alpha value is -2.60. The lowest BCUT2D eigenvalue weighted by Gasteiger charge is -2.08. The van der Waals surface area contributed by atoms with E-state index in [0.29, 0.717) is 17.9 Å². The molecule has 0 aliphatic rings. The molecule has 0 aliphatic carbocycles. The van der Waals surface area contributed by atoms with Crippen molar-refractivity contribution in [2.45, 2.75) is 25.2 Å². The summed E-state index contributed by atoms with van der Waals surface area (Å²) < 4.78 is 33.1. The fourth-order valence-corrected chi connectivity index (χ4v) is 3.62. The Labute approximate surface area is 147 Å². The van der Waals surface area contributed by atoms with Gasteiger partial charge in [-0.2, -0.15) is 0 Å². The summed E-state index contributed by atoms with van der Waals surface area (Å²) in [5, 5.41) is 4.11. The highest BCUT2D eigenvalue weighted by Gasteiger charge is 2.23. The van der Waals surface area contributed by atoms with Gasteiger partial charge in [0.15, 0.2) is 0 Å². The second-order valence-corrected chi connectivity index (χ2v) is 7.90. The third kappa shape index (κ3) is 3.91. The van der Waals surface area contributed by atoms with Gasteiger partial charge < -0.3 is 4.52 Å². The third-order valence-electron chi connectivity index (χ3n) is 3.71. The van der Waals surface area contributed by atoms with Gasteiger partial charge in [-0.05, 0) is 30.0 Å². The van der Waals surface area contributed by atoms with E-state index in [1.54, 1.807) is 18.2 Å². The summed E-state index contributed by atoms with van der Waals surface area (Å²) in [7, 11) is -3.74. The van der Waals surface area contributed by atoms with Gasteiger partial charge in [-0.15, -0.1) is 0 Å². The van der Waals surface area contributed by atoms with Crippen molar-refractivity contribution < 1.29 is 12.9 Å². The number of aromatic nitrogens is 1. The summed E-state index contributed by atoms with van der Waals surface area (Å²) in [6, 6.07) is 17.7. The number of sulfonamides is 1. The number of nitrogens with one attached hydrogen (secondary N) is 1. The Morgan fingerprint density at radius 2 is 1.60 bits per heavy atom. The van der Waals surface area contributed by atoms with Crippen LogP contribution in [0.15, 0.2) is 70.1 Å². The quantitative estimate of drug-likeness (QED) is 0.713. The molecule has 0 aliphatic heterocycles. The fourth-order valence-electron chi connectivity index (χ4n) is 2.60.